The van der Waals surface area contributed by atoms with Crippen molar-refractivity contribution >= 4 is 28.9 Å². The second kappa shape index (κ2) is 5.82. The highest BCUT2D eigenvalue weighted by Gasteiger charge is 2.14. The van der Waals surface area contributed by atoms with E-state index in [1.165, 1.54) is 32.1 Å². The summed E-state index contributed by atoms with van der Waals surface area (Å²) in [4.78, 5) is 16.2. The minimum Gasteiger partial charge on any atom is -0.294 e. The summed E-state index contributed by atoms with van der Waals surface area (Å²) in [6.07, 6.45) is 8.60. The third-order valence-corrected chi connectivity index (χ3v) is 5.56. The van der Waals surface area contributed by atoms with E-state index in [1.807, 2.05) is 11.8 Å². The maximum Gasteiger partial charge on any atom is 0.171 e. The molecule has 1 aromatic rings. The van der Waals surface area contributed by atoms with Crippen LogP contribution in [0.25, 0.3) is 0 Å². The van der Waals surface area contributed by atoms with E-state index in [2.05, 4.69) is 4.98 Å². The molecule has 0 N–H and O–H groups in total. The number of hydrogen-bond acceptors (Lipinski definition) is 4. The van der Waals surface area contributed by atoms with Crippen LogP contribution in [0.1, 0.15) is 53.7 Å². The average Bonchev–Trinajstić information content (AvgIpc) is 2.76. The molecule has 0 aliphatic heterocycles. The Hall–Kier alpha value is -0.350. The molecule has 0 atom stereocenters. The number of Topliss-reactive ketones (excluding diaryl/α,β-unsaturated/α-hetero) is 1. The smallest absolute Gasteiger partial charge is 0.171 e. The van der Waals surface area contributed by atoms with Crippen molar-refractivity contribution < 1.29 is 4.79 Å². The number of thioether (sulfide) groups is 1. The molecule has 1 heterocycles. The van der Waals surface area contributed by atoms with E-state index in [0.717, 1.165) is 20.9 Å². The number of carbonyl (C=O) groups excluding carboxylic acids is 1. The Morgan fingerprint density at radius 2 is 2.25 bits per heavy atom. The van der Waals surface area contributed by atoms with E-state index in [9.17, 15) is 4.79 Å². The highest BCUT2D eigenvalue weighted by Crippen LogP contribution is 2.31. The van der Waals surface area contributed by atoms with Gasteiger partial charge in [-0.3, -0.25) is 4.79 Å². The molecule has 0 saturated heterocycles. The monoisotopic (exact) mass is 255 g/mol. The average molecular weight is 255 g/mol. The summed E-state index contributed by atoms with van der Waals surface area (Å²) in [5.41, 5.74) is 0. The number of hydrogen-bond donors (Lipinski definition) is 0. The fourth-order valence-corrected chi connectivity index (χ4v) is 4.13. The van der Waals surface area contributed by atoms with Gasteiger partial charge in [0.25, 0.3) is 0 Å². The third-order valence-electron chi connectivity index (χ3n) is 2.90. The first kappa shape index (κ1) is 12.1. The van der Waals surface area contributed by atoms with Gasteiger partial charge in [0.2, 0.25) is 0 Å². The van der Waals surface area contributed by atoms with Gasteiger partial charge in [-0.25, -0.2) is 4.98 Å². The second-order valence-corrected chi connectivity index (χ2v) is 6.65. The van der Waals surface area contributed by atoms with Crippen LogP contribution in [0.3, 0.4) is 0 Å². The lowest BCUT2D eigenvalue weighted by molar-refractivity contribution is 0.102. The van der Waals surface area contributed by atoms with E-state index in [1.54, 1.807) is 24.5 Å². The Balaban J connectivity index is 1.81. The normalized spacial score (nSPS) is 17.6. The molecule has 1 aliphatic carbocycles. The lowest BCUT2D eigenvalue weighted by atomic mass is 10.0. The van der Waals surface area contributed by atoms with E-state index in [-0.39, 0.29) is 5.78 Å². The Morgan fingerprint density at radius 1 is 1.50 bits per heavy atom. The number of ketones is 1. The van der Waals surface area contributed by atoms with Crippen LogP contribution in [0.15, 0.2) is 6.20 Å². The van der Waals surface area contributed by atoms with Crippen LogP contribution >= 0.6 is 23.1 Å². The topological polar surface area (TPSA) is 30.0 Å². The van der Waals surface area contributed by atoms with Gasteiger partial charge in [0.05, 0.1) is 4.88 Å². The van der Waals surface area contributed by atoms with Crippen molar-refractivity contribution in [2.75, 3.05) is 0 Å². The predicted octanol–water partition coefficient (Wildman–Crippen LogP) is 3.91. The highest BCUT2D eigenvalue weighted by molar-refractivity contribution is 7.99. The Bertz CT molecular complexity index is 356. The van der Waals surface area contributed by atoms with Crippen molar-refractivity contribution in [3.63, 3.8) is 0 Å². The van der Waals surface area contributed by atoms with Crippen molar-refractivity contribution in [1.82, 2.24) is 4.98 Å². The van der Waals surface area contributed by atoms with Crippen molar-refractivity contribution in [3.8, 4) is 0 Å². The van der Waals surface area contributed by atoms with Crippen molar-refractivity contribution in [3.05, 3.63) is 16.1 Å². The van der Waals surface area contributed by atoms with E-state index >= 15 is 0 Å². The van der Waals surface area contributed by atoms with Crippen LogP contribution in [0.2, 0.25) is 0 Å². The predicted molar refractivity (Wildman–Crippen MR) is 70.3 cm³/mol. The Labute approximate surface area is 105 Å². The van der Waals surface area contributed by atoms with Crippen LogP contribution in [0.4, 0.5) is 0 Å². The summed E-state index contributed by atoms with van der Waals surface area (Å²) < 4.78 is 0. The van der Waals surface area contributed by atoms with Crippen molar-refractivity contribution in [2.45, 2.75) is 50.0 Å². The quantitative estimate of drug-likeness (QED) is 0.764. The largest absolute Gasteiger partial charge is 0.294 e. The van der Waals surface area contributed by atoms with Gasteiger partial charge < -0.3 is 0 Å². The lowest BCUT2D eigenvalue weighted by Gasteiger charge is -2.20. The molecule has 88 valence electrons. The highest BCUT2D eigenvalue weighted by atomic mass is 32.2. The van der Waals surface area contributed by atoms with Crippen LogP contribution in [0, 0.1) is 0 Å². The first-order chi connectivity index (χ1) is 7.75. The van der Waals surface area contributed by atoms with Gasteiger partial charge in [-0.15, -0.1) is 11.3 Å². The minimum atomic E-state index is 0.131. The molecule has 0 aromatic carbocycles. The number of thiazole rings is 1. The fraction of sp³-hybridized carbons (Fsp3) is 0.667. The zero-order chi connectivity index (χ0) is 11.4. The number of carbonyl (C=O) groups is 1. The van der Waals surface area contributed by atoms with Gasteiger partial charge in [-0.2, -0.15) is 11.8 Å². The standard InChI is InChI=1S/C12H17NOS2/c1-9(14)11-7-13-12(16-11)8-15-10-5-3-2-4-6-10/h7,10H,2-6,8H2,1H3. The molecule has 0 spiro atoms. The van der Waals surface area contributed by atoms with Crippen molar-refractivity contribution in [1.29, 1.82) is 0 Å². The molecule has 1 saturated carbocycles. The summed E-state index contributed by atoms with van der Waals surface area (Å²) >= 11 is 3.56. The third kappa shape index (κ3) is 3.32. The number of nitrogens with zero attached hydrogens (tertiary/aromatic N) is 1. The van der Waals surface area contributed by atoms with Gasteiger partial charge in [0.15, 0.2) is 5.78 Å². The van der Waals surface area contributed by atoms with E-state index in [4.69, 9.17) is 0 Å². The van der Waals surface area contributed by atoms with Crippen LogP contribution in [-0.4, -0.2) is 16.0 Å². The molecule has 0 unspecified atom stereocenters. The zero-order valence-electron chi connectivity index (χ0n) is 9.57. The minimum absolute atomic E-state index is 0.131. The summed E-state index contributed by atoms with van der Waals surface area (Å²) in [6.45, 7) is 1.60. The van der Waals surface area contributed by atoms with Crippen LogP contribution < -0.4 is 0 Å². The van der Waals surface area contributed by atoms with Gasteiger partial charge in [0, 0.05) is 24.1 Å². The van der Waals surface area contributed by atoms with Crippen LogP contribution in [0.5, 0.6) is 0 Å². The van der Waals surface area contributed by atoms with Gasteiger partial charge in [-0.05, 0) is 12.8 Å². The molecule has 1 aliphatic rings. The summed E-state index contributed by atoms with van der Waals surface area (Å²) in [6, 6.07) is 0. The summed E-state index contributed by atoms with van der Waals surface area (Å²) in [5, 5.41) is 1.92. The number of aromatic nitrogens is 1. The molecule has 1 aromatic heterocycles. The first-order valence-electron chi connectivity index (χ1n) is 5.83. The number of rotatable bonds is 4. The van der Waals surface area contributed by atoms with Gasteiger partial charge >= 0.3 is 0 Å². The summed E-state index contributed by atoms with van der Waals surface area (Å²) in [5.74, 6) is 1.11. The first-order valence-corrected chi connectivity index (χ1v) is 7.69. The molecule has 0 amide bonds. The molecule has 0 bridgehead atoms. The zero-order valence-corrected chi connectivity index (χ0v) is 11.2. The molecular weight excluding hydrogens is 238 g/mol. The SMILES string of the molecule is CC(=O)c1cnc(CSC2CCCCC2)s1. The molecule has 0 radical (unpaired) electrons. The Kier molecular flexibility index (Phi) is 4.41. The van der Waals surface area contributed by atoms with E-state index in [0.29, 0.717) is 0 Å². The second-order valence-electron chi connectivity index (χ2n) is 4.25. The van der Waals surface area contributed by atoms with Gasteiger partial charge in [0.1, 0.15) is 5.01 Å². The van der Waals surface area contributed by atoms with E-state index < -0.39 is 0 Å². The summed E-state index contributed by atoms with van der Waals surface area (Å²) in [7, 11) is 0. The fourth-order valence-electron chi connectivity index (χ4n) is 1.96. The Morgan fingerprint density at radius 3 is 2.88 bits per heavy atom. The molecule has 4 heteroatoms. The van der Waals surface area contributed by atoms with Gasteiger partial charge in [-0.1, -0.05) is 19.3 Å². The molecule has 2 nitrogen and oxygen atoms in total. The maximum absolute atomic E-state index is 11.1. The molecule has 1 fully saturated rings. The molecule has 16 heavy (non-hydrogen) atoms. The molecular formula is C12H17NOS2. The van der Waals surface area contributed by atoms with Crippen LogP contribution in [-0.2, 0) is 5.75 Å². The maximum atomic E-state index is 11.1. The lowest BCUT2D eigenvalue weighted by Crippen LogP contribution is -2.07. The molecule has 2 rings (SSSR count). The van der Waals surface area contributed by atoms with Crippen molar-refractivity contribution in [2.24, 2.45) is 0 Å².